The molecule has 0 spiro atoms. The van der Waals surface area contributed by atoms with Crippen LogP contribution in [0.5, 0.6) is 17.2 Å². The number of hydrogen-bond acceptors (Lipinski definition) is 9. The van der Waals surface area contributed by atoms with E-state index < -0.39 is 43.2 Å². The maximum Gasteiger partial charge on any atom is 0.255 e. The Morgan fingerprint density at radius 1 is 0.969 bits per heavy atom. The molecular formula is C22H27NO9. The predicted octanol–water partition coefficient (Wildman–Crippen LogP) is -0.187. The fraction of sp³-hybridized carbons (Fsp3) is 0.409. The van der Waals surface area contributed by atoms with Crippen LogP contribution in [0.2, 0.25) is 0 Å². The number of amides is 1. The van der Waals surface area contributed by atoms with Gasteiger partial charge in [-0.25, -0.2) is 0 Å². The monoisotopic (exact) mass is 449 g/mol. The van der Waals surface area contributed by atoms with Gasteiger partial charge in [0.2, 0.25) is 6.29 Å². The summed E-state index contributed by atoms with van der Waals surface area (Å²) in [6.07, 6.45) is -7.33. The summed E-state index contributed by atoms with van der Waals surface area (Å²) in [5.74, 6) is 0.658. The minimum atomic E-state index is -1.62. The molecule has 10 heteroatoms. The first-order chi connectivity index (χ1) is 15.4. The van der Waals surface area contributed by atoms with Crippen LogP contribution < -0.4 is 19.5 Å². The van der Waals surface area contributed by atoms with Gasteiger partial charge in [-0.15, -0.1) is 0 Å². The number of hydrogen-bond donors (Lipinski definition) is 5. The second-order valence-corrected chi connectivity index (χ2v) is 7.21. The molecule has 1 aliphatic rings. The summed E-state index contributed by atoms with van der Waals surface area (Å²) in [6.45, 7) is -0.355. The van der Waals surface area contributed by atoms with E-state index >= 15 is 0 Å². The Kier molecular flexibility index (Phi) is 7.89. The first-order valence-corrected chi connectivity index (χ1v) is 9.94. The Balaban J connectivity index is 1.77. The van der Waals surface area contributed by atoms with Gasteiger partial charge in [-0.1, -0.05) is 12.1 Å². The number of methoxy groups -OCH3 is 2. The van der Waals surface area contributed by atoms with Crippen LogP contribution in [-0.4, -0.2) is 77.9 Å². The average Bonchev–Trinajstić information content (AvgIpc) is 2.83. The van der Waals surface area contributed by atoms with Crippen molar-refractivity contribution in [1.82, 2.24) is 5.32 Å². The Morgan fingerprint density at radius 2 is 1.62 bits per heavy atom. The molecule has 2 aromatic rings. The van der Waals surface area contributed by atoms with Gasteiger partial charge < -0.3 is 44.7 Å². The highest BCUT2D eigenvalue weighted by Gasteiger charge is 2.45. The molecule has 1 fully saturated rings. The highest BCUT2D eigenvalue weighted by molar-refractivity contribution is 5.97. The number of aliphatic hydroxyl groups excluding tert-OH is 4. The molecular weight excluding hydrogens is 422 g/mol. The normalized spacial score (nSPS) is 25.1. The van der Waals surface area contributed by atoms with Gasteiger partial charge in [-0.05, 0) is 29.8 Å². The van der Waals surface area contributed by atoms with Gasteiger partial charge in [0.15, 0.2) is 0 Å². The van der Waals surface area contributed by atoms with E-state index in [2.05, 4.69) is 5.32 Å². The van der Waals surface area contributed by atoms with Crippen LogP contribution in [0.15, 0.2) is 42.5 Å². The SMILES string of the molecule is COc1ccc(CNC(=O)c2ccc(OC)cc2O[C@@H]2O[C@H](CO)[C@@H](O)[C@H](O)[C@H]2O)cc1. The van der Waals surface area contributed by atoms with Gasteiger partial charge in [0.1, 0.15) is 41.7 Å². The fourth-order valence-corrected chi connectivity index (χ4v) is 3.23. The first kappa shape index (κ1) is 23.8. The highest BCUT2D eigenvalue weighted by Crippen LogP contribution is 2.30. The molecule has 1 heterocycles. The standard InChI is InChI=1S/C22H27NO9/c1-29-13-5-3-12(4-6-13)10-23-21(28)15-8-7-14(30-2)9-16(15)31-22-20(27)19(26)18(25)17(11-24)32-22/h3-9,17-20,22,24-27H,10-11H2,1-2H3,(H,23,28)/t17-,18-,19+,20-,22-/m1/s1. The molecule has 0 aromatic heterocycles. The Hall–Kier alpha value is -2.89. The number of carbonyl (C=O) groups is 1. The van der Waals surface area contributed by atoms with Crippen molar-refractivity contribution in [3.8, 4) is 17.2 Å². The zero-order chi connectivity index (χ0) is 23.3. The lowest BCUT2D eigenvalue weighted by Crippen LogP contribution is -2.60. The number of nitrogens with one attached hydrogen (secondary N) is 1. The summed E-state index contributed by atoms with van der Waals surface area (Å²) in [6, 6.07) is 11.7. The van der Waals surface area contributed by atoms with E-state index in [0.29, 0.717) is 11.5 Å². The Morgan fingerprint density at radius 3 is 2.25 bits per heavy atom. The van der Waals surface area contributed by atoms with E-state index in [0.717, 1.165) is 5.56 Å². The molecule has 1 saturated heterocycles. The number of benzene rings is 2. The zero-order valence-corrected chi connectivity index (χ0v) is 17.7. The van der Waals surface area contributed by atoms with Crippen molar-refractivity contribution in [2.75, 3.05) is 20.8 Å². The van der Waals surface area contributed by atoms with E-state index in [9.17, 15) is 25.2 Å². The Bertz CT molecular complexity index is 903. The summed E-state index contributed by atoms with van der Waals surface area (Å²) >= 11 is 0. The van der Waals surface area contributed by atoms with Crippen molar-refractivity contribution in [2.24, 2.45) is 0 Å². The number of aliphatic hydroxyl groups is 4. The molecule has 0 saturated carbocycles. The molecule has 0 aliphatic carbocycles. The van der Waals surface area contributed by atoms with Gasteiger partial charge in [-0.2, -0.15) is 0 Å². The molecule has 0 unspecified atom stereocenters. The lowest BCUT2D eigenvalue weighted by Gasteiger charge is -2.39. The van der Waals surface area contributed by atoms with Crippen LogP contribution in [0, 0.1) is 0 Å². The molecule has 10 nitrogen and oxygen atoms in total. The number of carbonyl (C=O) groups excluding carboxylic acids is 1. The van der Waals surface area contributed by atoms with E-state index in [1.165, 1.54) is 19.2 Å². The number of ether oxygens (including phenoxy) is 4. The number of rotatable bonds is 8. The highest BCUT2D eigenvalue weighted by atomic mass is 16.7. The second-order valence-electron chi connectivity index (χ2n) is 7.21. The molecule has 0 radical (unpaired) electrons. The molecule has 0 bridgehead atoms. The molecule has 5 N–H and O–H groups in total. The van der Waals surface area contributed by atoms with Crippen LogP contribution in [0.1, 0.15) is 15.9 Å². The van der Waals surface area contributed by atoms with Gasteiger partial charge >= 0.3 is 0 Å². The van der Waals surface area contributed by atoms with Crippen LogP contribution in [0.4, 0.5) is 0 Å². The fourth-order valence-electron chi connectivity index (χ4n) is 3.23. The van der Waals surface area contributed by atoms with Crippen LogP contribution in [0.25, 0.3) is 0 Å². The molecule has 1 aliphatic heterocycles. The van der Waals surface area contributed by atoms with Crippen molar-refractivity contribution < 1.29 is 44.2 Å². The summed E-state index contributed by atoms with van der Waals surface area (Å²) < 4.78 is 21.4. The lowest BCUT2D eigenvalue weighted by molar-refractivity contribution is -0.277. The largest absolute Gasteiger partial charge is 0.497 e. The third-order valence-electron chi connectivity index (χ3n) is 5.14. The first-order valence-electron chi connectivity index (χ1n) is 9.94. The van der Waals surface area contributed by atoms with E-state index in [1.54, 1.807) is 25.3 Å². The third kappa shape index (κ3) is 5.29. The van der Waals surface area contributed by atoms with Crippen LogP contribution >= 0.6 is 0 Å². The van der Waals surface area contributed by atoms with Crippen LogP contribution in [0.3, 0.4) is 0 Å². The van der Waals surface area contributed by atoms with Gasteiger partial charge in [-0.3, -0.25) is 4.79 Å². The van der Waals surface area contributed by atoms with Crippen molar-refractivity contribution in [2.45, 2.75) is 37.3 Å². The molecule has 1 amide bonds. The molecule has 174 valence electrons. The minimum Gasteiger partial charge on any atom is -0.497 e. The van der Waals surface area contributed by atoms with Gasteiger partial charge in [0.05, 0.1) is 26.4 Å². The maximum absolute atomic E-state index is 12.8. The predicted molar refractivity (Wildman–Crippen MR) is 112 cm³/mol. The second kappa shape index (κ2) is 10.6. The molecule has 3 rings (SSSR count). The van der Waals surface area contributed by atoms with Crippen molar-refractivity contribution in [3.05, 3.63) is 53.6 Å². The van der Waals surface area contributed by atoms with Gasteiger partial charge in [0.25, 0.3) is 5.91 Å². The van der Waals surface area contributed by atoms with Gasteiger partial charge in [0, 0.05) is 12.6 Å². The lowest BCUT2D eigenvalue weighted by atomic mass is 9.99. The maximum atomic E-state index is 12.8. The quantitative estimate of drug-likeness (QED) is 0.370. The summed E-state index contributed by atoms with van der Waals surface area (Å²) in [7, 11) is 3.01. The van der Waals surface area contributed by atoms with Crippen molar-refractivity contribution in [3.63, 3.8) is 0 Å². The topological polar surface area (TPSA) is 147 Å². The summed E-state index contributed by atoms with van der Waals surface area (Å²) in [5, 5.41) is 42.3. The van der Waals surface area contributed by atoms with E-state index in [1.807, 2.05) is 12.1 Å². The molecule has 32 heavy (non-hydrogen) atoms. The Labute approximate surface area is 184 Å². The smallest absolute Gasteiger partial charge is 0.255 e. The van der Waals surface area contributed by atoms with E-state index in [-0.39, 0.29) is 17.9 Å². The van der Waals surface area contributed by atoms with Crippen LogP contribution in [-0.2, 0) is 11.3 Å². The molecule has 2 aromatic carbocycles. The van der Waals surface area contributed by atoms with E-state index in [4.69, 9.17) is 18.9 Å². The average molecular weight is 449 g/mol. The summed E-state index contributed by atoms with van der Waals surface area (Å²) in [5.41, 5.74) is 0.986. The van der Waals surface area contributed by atoms with Crippen molar-refractivity contribution in [1.29, 1.82) is 0 Å². The molecule has 5 atom stereocenters. The minimum absolute atomic E-state index is 0.0286. The third-order valence-corrected chi connectivity index (χ3v) is 5.14. The van der Waals surface area contributed by atoms with Crippen molar-refractivity contribution >= 4 is 5.91 Å². The summed E-state index contributed by atoms with van der Waals surface area (Å²) in [4.78, 5) is 12.8. The zero-order valence-electron chi connectivity index (χ0n) is 17.7.